The van der Waals surface area contributed by atoms with Crippen molar-refractivity contribution in [1.82, 2.24) is 0 Å². The Labute approximate surface area is 148 Å². The van der Waals surface area contributed by atoms with E-state index in [0.717, 1.165) is 18.8 Å². The summed E-state index contributed by atoms with van der Waals surface area (Å²) in [4.78, 5) is 0. The Morgan fingerprint density at radius 1 is 0.957 bits per heavy atom. The summed E-state index contributed by atoms with van der Waals surface area (Å²) < 4.78 is 11.6. The van der Waals surface area contributed by atoms with Crippen LogP contribution in [0.15, 0.2) is 0 Å². The van der Waals surface area contributed by atoms with Gasteiger partial charge in [0.05, 0.1) is 0 Å². The highest BCUT2D eigenvalue weighted by atomic mass is 28.4. The average Bonchev–Trinajstić information content (AvgIpc) is 2.55. The molecule has 0 saturated carbocycles. The summed E-state index contributed by atoms with van der Waals surface area (Å²) in [6.07, 6.45) is 14.0. The SMILES string of the molecule is CCCCCCCC(C)[SiH]1CCCCO1.C[Si]1(C)CCCCO1. The average molecular weight is 359 g/mol. The molecule has 138 valence electrons. The highest BCUT2D eigenvalue weighted by molar-refractivity contribution is 6.71. The first-order valence-electron chi connectivity index (χ1n) is 10.3. The molecule has 0 aromatic carbocycles. The van der Waals surface area contributed by atoms with Crippen molar-refractivity contribution in [3.8, 4) is 0 Å². The third-order valence-corrected chi connectivity index (χ3v) is 11.1. The minimum absolute atomic E-state index is 0.779. The fourth-order valence-corrected chi connectivity index (χ4v) is 8.32. The zero-order valence-corrected chi connectivity index (χ0v) is 18.5. The van der Waals surface area contributed by atoms with Crippen LogP contribution < -0.4 is 0 Å². The van der Waals surface area contributed by atoms with Gasteiger partial charge in [-0.15, -0.1) is 0 Å². The maximum absolute atomic E-state index is 5.96. The molecule has 2 aliphatic heterocycles. The van der Waals surface area contributed by atoms with Gasteiger partial charge in [0.2, 0.25) is 0 Å². The third-order valence-electron chi connectivity index (χ3n) is 5.28. The van der Waals surface area contributed by atoms with Gasteiger partial charge in [0.1, 0.15) is 0 Å². The minimum Gasteiger partial charge on any atom is -0.420 e. The summed E-state index contributed by atoms with van der Waals surface area (Å²) >= 11 is 0. The molecule has 0 amide bonds. The van der Waals surface area contributed by atoms with Crippen molar-refractivity contribution in [2.24, 2.45) is 0 Å². The second kappa shape index (κ2) is 12.7. The predicted octanol–water partition coefficient (Wildman–Crippen LogP) is 6.27. The monoisotopic (exact) mass is 358 g/mol. The quantitative estimate of drug-likeness (QED) is 0.394. The molecule has 0 radical (unpaired) electrons. The van der Waals surface area contributed by atoms with E-state index >= 15 is 0 Å². The lowest BCUT2D eigenvalue weighted by Crippen LogP contribution is -2.33. The Kier molecular flexibility index (Phi) is 11.8. The molecule has 0 aliphatic carbocycles. The summed E-state index contributed by atoms with van der Waals surface area (Å²) in [6, 6.07) is 2.81. The first-order chi connectivity index (χ1) is 11.0. The highest BCUT2D eigenvalue weighted by Crippen LogP contribution is 2.26. The van der Waals surface area contributed by atoms with Crippen LogP contribution >= 0.6 is 0 Å². The van der Waals surface area contributed by atoms with Gasteiger partial charge in [-0.2, -0.15) is 0 Å². The highest BCUT2D eigenvalue weighted by Gasteiger charge is 2.24. The smallest absolute Gasteiger partial charge is 0.186 e. The Bertz CT molecular complexity index is 271. The van der Waals surface area contributed by atoms with Crippen LogP contribution in [0, 0.1) is 0 Å². The number of hydrogen-bond acceptors (Lipinski definition) is 2. The second-order valence-corrected chi connectivity index (χ2v) is 15.6. The molecule has 2 aliphatic rings. The molecule has 2 unspecified atom stereocenters. The van der Waals surface area contributed by atoms with E-state index in [0.29, 0.717) is 0 Å². The standard InChI is InChI=1S/C13H28OSi.C6H14OSi/c1-3-4-5-6-7-10-13(2)15-12-9-8-11-14-15;1-8(2)6-4-3-5-7-8/h13,15H,3-12H2,1-2H3;3-6H2,1-2H3. The third kappa shape index (κ3) is 10.7. The Morgan fingerprint density at radius 3 is 2.22 bits per heavy atom. The number of unbranched alkanes of at least 4 members (excludes halogenated alkanes) is 4. The van der Waals surface area contributed by atoms with Gasteiger partial charge in [-0.1, -0.05) is 65.2 Å². The molecule has 0 N–H and O–H groups in total. The molecule has 2 fully saturated rings. The van der Waals surface area contributed by atoms with Crippen LogP contribution in [0.5, 0.6) is 0 Å². The number of hydrogen-bond donors (Lipinski definition) is 0. The molecular weight excluding hydrogens is 316 g/mol. The van der Waals surface area contributed by atoms with Crippen molar-refractivity contribution in [1.29, 1.82) is 0 Å². The van der Waals surface area contributed by atoms with E-state index < -0.39 is 17.4 Å². The van der Waals surface area contributed by atoms with Gasteiger partial charge in [-0.05, 0) is 43.6 Å². The summed E-state index contributed by atoms with van der Waals surface area (Å²) in [5.41, 5.74) is 0.923. The van der Waals surface area contributed by atoms with Crippen LogP contribution in [0.3, 0.4) is 0 Å². The Balaban J connectivity index is 0.000000277. The lowest BCUT2D eigenvalue weighted by Gasteiger charge is -2.27. The van der Waals surface area contributed by atoms with Crippen molar-refractivity contribution in [3.63, 3.8) is 0 Å². The fraction of sp³-hybridized carbons (Fsp3) is 1.00. The van der Waals surface area contributed by atoms with Crippen molar-refractivity contribution in [2.75, 3.05) is 13.2 Å². The topological polar surface area (TPSA) is 18.5 Å². The van der Waals surface area contributed by atoms with Gasteiger partial charge in [0.15, 0.2) is 17.4 Å². The van der Waals surface area contributed by atoms with Gasteiger partial charge < -0.3 is 8.85 Å². The molecule has 0 spiro atoms. The normalized spacial score (nSPS) is 25.3. The van der Waals surface area contributed by atoms with E-state index in [1.165, 1.54) is 76.3 Å². The molecular formula is C19H42O2Si2. The van der Waals surface area contributed by atoms with Gasteiger partial charge in [-0.25, -0.2) is 0 Å². The van der Waals surface area contributed by atoms with Crippen LogP contribution in [0.1, 0.15) is 78.1 Å². The molecule has 0 aromatic rings. The van der Waals surface area contributed by atoms with Crippen LogP contribution in [-0.4, -0.2) is 30.6 Å². The number of rotatable bonds is 7. The molecule has 2 heterocycles. The van der Waals surface area contributed by atoms with Crippen LogP contribution in [0.25, 0.3) is 0 Å². The van der Waals surface area contributed by atoms with Gasteiger partial charge in [0, 0.05) is 13.2 Å². The van der Waals surface area contributed by atoms with Crippen LogP contribution in [0.4, 0.5) is 0 Å². The van der Waals surface area contributed by atoms with Crippen molar-refractivity contribution in [3.05, 3.63) is 0 Å². The van der Waals surface area contributed by atoms with Crippen molar-refractivity contribution >= 4 is 17.4 Å². The fourth-order valence-electron chi connectivity index (χ4n) is 3.54. The van der Waals surface area contributed by atoms with E-state index in [9.17, 15) is 0 Å². The molecule has 2 saturated heterocycles. The molecule has 2 atom stereocenters. The maximum atomic E-state index is 5.96. The minimum atomic E-state index is -1.09. The van der Waals surface area contributed by atoms with E-state index in [1.807, 2.05) is 0 Å². The summed E-state index contributed by atoms with van der Waals surface area (Å²) in [5.74, 6) is 0. The van der Waals surface area contributed by atoms with E-state index in [2.05, 4.69) is 26.9 Å². The first-order valence-corrected chi connectivity index (χ1v) is 15.4. The first kappa shape index (κ1) is 21.4. The van der Waals surface area contributed by atoms with E-state index in [1.54, 1.807) is 0 Å². The molecule has 2 rings (SSSR count). The van der Waals surface area contributed by atoms with Gasteiger partial charge in [0.25, 0.3) is 0 Å². The lowest BCUT2D eigenvalue weighted by atomic mass is 10.1. The maximum Gasteiger partial charge on any atom is 0.186 e. The molecule has 4 heteroatoms. The zero-order chi connectivity index (χ0) is 17.0. The summed E-state index contributed by atoms with van der Waals surface area (Å²) in [5, 5.41) is 0. The van der Waals surface area contributed by atoms with Gasteiger partial charge >= 0.3 is 0 Å². The van der Waals surface area contributed by atoms with Crippen molar-refractivity contribution in [2.45, 2.75) is 109 Å². The largest absolute Gasteiger partial charge is 0.420 e. The molecule has 0 bridgehead atoms. The van der Waals surface area contributed by atoms with Crippen molar-refractivity contribution < 1.29 is 8.85 Å². The second-order valence-electron chi connectivity index (χ2n) is 8.15. The molecule has 23 heavy (non-hydrogen) atoms. The molecule has 0 aromatic heterocycles. The van der Waals surface area contributed by atoms with E-state index in [4.69, 9.17) is 8.85 Å². The van der Waals surface area contributed by atoms with Crippen LogP contribution in [-0.2, 0) is 8.85 Å². The zero-order valence-electron chi connectivity index (χ0n) is 16.4. The lowest BCUT2D eigenvalue weighted by molar-refractivity contribution is 0.275. The Morgan fingerprint density at radius 2 is 1.70 bits per heavy atom. The summed E-state index contributed by atoms with van der Waals surface area (Å²) in [7, 11) is -1.87. The Hall–Kier alpha value is 0.354. The summed E-state index contributed by atoms with van der Waals surface area (Å²) in [6.45, 7) is 11.4. The van der Waals surface area contributed by atoms with E-state index in [-0.39, 0.29) is 0 Å². The van der Waals surface area contributed by atoms with Crippen LogP contribution in [0.2, 0.25) is 30.7 Å². The van der Waals surface area contributed by atoms with Gasteiger partial charge in [-0.3, -0.25) is 0 Å². The molecule has 2 nitrogen and oxygen atoms in total. The predicted molar refractivity (Wildman–Crippen MR) is 107 cm³/mol.